The Morgan fingerprint density at radius 3 is 2.44 bits per heavy atom. The summed E-state index contributed by atoms with van der Waals surface area (Å²) in [6, 6.07) is 0.155. The van der Waals surface area contributed by atoms with E-state index >= 15 is 0 Å². The van der Waals surface area contributed by atoms with Gasteiger partial charge in [0.15, 0.2) is 0 Å². The van der Waals surface area contributed by atoms with Crippen molar-refractivity contribution in [3.05, 3.63) is 0 Å². The highest BCUT2D eigenvalue weighted by molar-refractivity contribution is 5.76. The summed E-state index contributed by atoms with van der Waals surface area (Å²) >= 11 is 0. The molecule has 106 valence electrons. The number of hydrogen-bond donors (Lipinski definition) is 1. The van der Waals surface area contributed by atoms with Gasteiger partial charge in [0.2, 0.25) is 5.91 Å². The predicted molar refractivity (Wildman–Crippen MR) is 76.2 cm³/mol. The molecule has 0 radical (unpaired) electrons. The van der Waals surface area contributed by atoms with Gasteiger partial charge in [-0.15, -0.1) is 0 Å². The highest BCUT2D eigenvalue weighted by Crippen LogP contribution is 2.30. The molecule has 0 aliphatic carbocycles. The molecule has 0 saturated carbocycles. The molecular weight excluding hydrogens is 224 g/mol. The summed E-state index contributed by atoms with van der Waals surface area (Å²) in [6.07, 6.45) is 2.85. The second kappa shape index (κ2) is 6.05. The number of carbonyl (C=O) groups is 1. The topological polar surface area (TPSA) is 46.3 Å². The van der Waals surface area contributed by atoms with Gasteiger partial charge in [0.05, 0.1) is 0 Å². The van der Waals surface area contributed by atoms with Crippen molar-refractivity contribution in [2.45, 2.75) is 59.9 Å². The van der Waals surface area contributed by atoms with Crippen molar-refractivity contribution in [3.8, 4) is 0 Å². The third kappa shape index (κ3) is 5.38. The number of piperidine rings is 1. The minimum absolute atomic E-state index is 0.155. The summed E-state index contributed by atoms with van der Waals surface area (Å²) in [5.74, 6) is 1.26. The van der Waals surface area contributed by atoms with E-state index in [1.165, 1.54) is 0 Å². The summed E-state index contributed by atoms with van der Waals surface area (Å²) in [6.45, 7) is 12.6. The molecule has 0 aromatic rings. The Kier molecular flexibility index (Phi) is 5.20. The highest BCUT2D eigenvalue weighted by atomic mass is 16.2. The van der Waals surface area contributed by atoms with Gasteiger partial charge in [-0.3, -0.25) is 4.79 Å². The molecule has 1 fully saturated rings. The molecule has 0 aromatic heterocycles. The van der Waals surface area contributed by atoms with Gasteiger partial charge in [-0.05, 0) is 30.1 Å². The van der Waals surface area contributed by atoms with Crippen molar-refractivity contribution in [2.24, 2.45) is 23.0 Å². The number of carbonyl (C=O) groups excluding carboxylic acids is 1. The molecular formula is C15H30N2O. The van der Waals surface area contributed by atoms with E-state index in [-0.39, 0.29) is 11.9 Å². The quantitative estimate of drug-likeness (QED) is 0.841. The Balaban J connectivity index is 2.58. The van der Waals surface area contributed by atoms with E-state index in [1.807, 2.05) is 4.90 Å². The van der Waals surface area contributed by atoms with Crippen LogP contribution in [-0.4, -0.2) is 29.9 Å². The average molecular weight is 254 g/mol. The lowest BCUT2D eigenvalue weighted by Gasteiger charge is -2.39. The lowest BCUT2D eigenvalue weighted by Crippen LogP contribution is -2.50. The van der Waals surface area contributed by atoms with Crippen molar-refractivity contribution in [1.29, 1.82) is 0 Å². The smallest absolute Gasteiger partial charge is 0.222 e. The van der Waals surface area contributed by atoms with Crippen LogP contribution in [0.2, 0.25) is 0 Å². The molecule has 3 heteroatoms. The molecule has 1 heterocycles. The van der Waals surface area contributed by atoms with E-state index in [0.717, 1.165) is 25.9 Å². The first kappa shape index (κ1) is 15.5. The van der Waals surface area contributed by atoms with Gasteiger partial charge in [-0.1, -0.05) is 34.6 Å². The first-order valence-electron chi connectivity index (χ1n) is 7.20. The first-order chi connectivity index (χ1) is 8.17. The van der Waals surface area contributed by atoms with Crippen LogP contribution in [0.4, 0.5) is 0 Å². The molecule has 18 heavy (non-hydrogen) atoms. The van der Waals surface area contributed by atoms with Crippen LogP contribution in [0.25, 0.3) is 0 Å². The van der Waals surface area contributed by atoms with Gasteiger partial charge >= 0.3 is 0 Å². The molecule has 2 atom stereocenters. The molecule has 2 unspecified atom stereocenters. The fraction of sp³-hybridized carbons (Fsp3) is 0.933. The Bertz CT molecular complexity index is 281. The normalized spacial score (nSPS) is 25.6. The Morgan fingerprint density at radius 2 is 1.94 bits per heavy atom. The van der Waals surface area contributed by atoms with E-state index < -0.39 is 0 Å². The average Bonchev–Trinajstić information content (AvgIpc) is 2.12. The van der Waals surface area contributed by atoms with Crippen molar-refractivity contribution < 1.29 is 4.79 Å². The molecule has 0 spiro atoms. The zero-order valence-corrected chi connectivity index (χ0v) is 12.7. The zero-order chi connectivity index (χ0) is 13.9. The van der Waals surface area contributed by atoms with Crippen molar-refractivity contribution in [3.63, 3.8) is 0 Å². The Hall–Kier alpha value is -0.570. The van der Waals surface area contributed by atoms with Gasteiger partial charge in [-0.25, -0.2) is 0 Å². The molecule has 2 N–H and O–H groups in total. The minimum Gasteiger partial charge on any atom is -0.341 e. The van der Waals surface area contributed by atoms with E-state index in [2.05, 4.69) is 34.6 Å². The SMILES string of the molecule is CC(C)CC(=O)N1CC(N)CC(CC(C)(C)C)C1. The second-order valence-electron chi connectivity index (χ2n) is 7.52. The largest absolute Gasteiger partial charge is 0.341 e. The van der Waals surface area contributed by atoms with Crippen LogP contribution in [0.5, 0.6) is 0 Å². The molecule has 1 aliphatic rings. The third-order valence-electron chi connectivity index (χ3n) is 3.41. The van der Waals surface area contributed by atoms with E-state index in [9.17, 15) is 4.79 Å². The maximum absolute atomic E-state index is 12.1. The van der Waals surface area contributed by atoms with Gasteiger partial charge in [0, 0.05) is 25.6 Å². The van der Waals surface area contributed by atoms with Gasteiger partial charge < -0.3 is 10.6 Å². The molecule has 1 rings (SSSR count). The number of rotatable bonds is 3. The summed E-state index contributed by atoms with van der Waals surface area (Å²) in [4.78, 5) is 14.1. The standard InChI is InChI=1S/C15H30N2O/c1-11(2)6-14(18)17-9-12(7-13(16)10-17)8-15(3,4)5/h11-13H,6-10,16H2,1-5H3. The molecule has 1 amide bonds. The maximum Gasteiger partial charge on any atom is 0.222 e. The summed E-state index contributed by atoms with van der Waals surface area (Å²) in [5, 5.41) is 0. The minimum atomic E-state index is 0.155. The molecule has 0 aromatic carbocycles. The molecule has 1 saturated heterocycles. The molecule has 1 aliphatic heterocycles. The number of nitrogens with two attached hydrogens (primary N) is 1. The summed E-state index contributed by atoms with van der Waals surface area (Å²) in [5.41, 5.74) is 6.42. The van der Waals surface area contributed by atoms with Gasteiger partial charge in [0.25, 0.3) is 0 Å². The third-order valence-corrected chi connectivity index (χ3v) is 3.41. The van der Waals surface area contributed by atoms with Crippen LogP contribution in [0.15, 0.2) is 0 Å². The van der Waals surface area contributed by atoms with Gasteiger partial charge in [0.1, 0.15) is 0 Å². The first-order valence-corrected chi connectivity index (χ1v) is 7.20. The van der Waals surface area contributed by atoms with Crippen LogP contribution >= 0.6 is 0 Å². The van der Waals surface area contributed by atoms with E-state index in [1.54, 1.807) is 0 Å². The lowest BCUT2D eigenvalue weighted by molar-refractivity contribution is -0.134. The number of amides is 1. The predicted octanol–water partition coefficient (Wildman–Crippen LogP) is 2.64. The number of nitrogens with zero attached hydrogens (tertiary/aromatic N) is 1. The van der Waals surface area contributed by atoms with Crippen molar-refractivity contribution in [2.75, 3.05) is 13.1 Å². The monoisotopic (exact) mass is 254 g/mol. The fourth-order valence-corrected chi connectivity index (χ4v) is 2.94. The summed E-state index contributed by atoms with van der Waals surface area (Å²) < 4.78 is 0. The van der Waals surface area contributed by atoms with Gasteiger partial charge in [-0.2, -0.15) is 0 Å². The molecule has 0 bridgehead atoms. The summed E-state index contributed by atoms with van der Waals surface area (Å²) in [7, 11) is 0. The Labute approximate surface area is 112 Å². The zero-order valence-electron chi connectivity index (χ0n) is 12.7. The number of likely N-dealkylation sites (tertiary alicyclic amines) is 1. The fourth-order valence-electron chi connectivity index (χ4n) is 2.94. The molecule has 3 nitrogen and oxygen atoms in total. The lowest BCUT2D eigenvalue weighted by atomic mass is 9.80. The van der Waals surface area contributed by atoms with Crippen LogP contribution < -0.4 is 5.73 Å². The van der Waals surface area contributed by atoms with Crippen molar-refractivity contribution >= 4 is 5.91 Å². The van der Waals surface area contributed by atoms with E-state index in [0.29, 0.717) is 23.7 Å². The van der Waals surface area contributed by atoms with Crippen LogP contribution in [0.3, 0.4) is 0 Å². The number of hydrogen-bond acceptors (Lipinski definition) is 2. The highest BCUT2D eigenvalue weighted by Gasteiger charge is 2.30. The van der Waals surface area contributed by atoms with Crippen LogP contribution in [-0.2, 0) is 4.79 Å². The van der Waals surface area contributed by atoms with Crippen LogP contribution in [0.1, 0.15) is 53.9 Å². The van der Waals surface area contributed by atoms with Crippen LogP contribution in [0, 0.1) is 17.3 Å². The Morgan fingerprint density at radius 1 is 1.33 bits per heavy atom. The van der Waals surface area contributed by atoms with Crippen molar-refractivity contribution in [1.82, 2.24) is 4.90 Å². The maximum atomic E-state index is 12.1. The second-order valence-corrected chi connectivity index (χ2v) is 7.52. The van der Waals surface area contributed by atoms with E-state index in [4.69, 9.17) is 5.73 Å².